The van der Waals surface area contributed by atoms with Gasteiger partial charge in [0, 0.05) is 23.2 Å². The van der Waals surface area contributed by atoms with E-state index in [1.165, 1.54) is 11.3 Å². The molecule has 0 bridgehead atoms. The third-order valence-electron chi connectivity index (χ3n) is 2.90. The van der Waals surface area contributed by atoms with Crippen LogP contribution in [0.2, 0.25) is 0 Å². The van der Waals surface area contributed by atoms with Crippen LogP contribution in [0.3, 0.4) is 0 Å². The number of piperidine rings is 1. The van der Waals surface area contributed by atoms with Gasteiger partial charge in [-0.2, -0.15) is 0 Å². The highest BCUT2D eigenvalue weighted by Crippen LogP contribution is 2.25. The average Bonchev–Trinajstić information content (AvgIpc) is 2.22. The highest BCUT2D eigenvalue weighted by atomic mass is 79.9. The van der Waals surface area contributed by atoms with E-state index in [0.29, 0.717) is 0 Å². The molecule has 1 atom stereocenters. The Morgan fingerprint density at radius 1 is 1.47 bits per heavy atom. The highest BCUT2D eigenvalue weighted by Gasteiger charge is 2.17. The van der Waals surface area contributed by atoms with Gasteiger partial charge in [-0.3, -0.25) is 0 Å². The molecule has 0 spiro atoms. The van der Waals surface area contributed by atoms with Crippen molar-refractivity contribution in [2.75, 3.05) is 18.0 Å². The zero-order valence-electron chi connectivity index (χ0n) is 8.91. The molecular weight excluding hydrogens is 254 g/mol. The quantitative estimate of drug-likeness (QED) is 0.848. The number of hydrogen-bond acceptors (Lipinski definition) is 2. The van der Waals surface area contributed by atoms with Crippen LogP contribution in [0.1, 0.15) is 18.4 Å². The van der Waals surface area contributed by atoms with Crippen molar-refractivity contribution in [1.29, 1.82) is 0 Å². The van der Waals surface area contributed by atoms with Crippen LogP contribution in [0.15, 0.2) is 22.7 Å². The number of aliphatic hydroxyl groups is 1. The number of aliphatic hydroxyl groups excluding tert-OH is 1. The van der Waals surface area contributed by atoms with E-state index in [1.54, 1.807) is 0 Å². The molecule has 0 radical (unpaired) electrons. The molecule has 1 unspecified atom stereocenters. The molecule has 1 N–H and O–H groups in total. The molecular formula is C12H16BrNO. The molecule has 2 rings (SSSR count). The van der Waals surface area contributed by atoms with E-state index in [-0.39, 0.29) is 6.10 Å². The van der Waals surface area contributed by atoms with Gasteiger partial charge in [0.2, 0.25) is 0 Å². The Bertz CT molecular complexity index is 353. The minimum Gasteiger partial charge on any atom is -0.391 e. The van der Waals surface area contributed by atoms with Gasteiger partial charge < -0.3 is 10.0 Å². The molecule has 0 aliphatic carbocycles. The molecule has 3 heteroatoms. The summed E-state index contributed by atoms with van der Waals surface area (Å²) in [6.45, 7) is 3.91. The summed E-state index contributed by atoms with van der Waals surface area (Å²) in [6, 6.07) is 6.35. The Balaban J connectivity index is 2.18. The van der Waals surface area contributed by atoms with Crippen molar-refractivity contribution in [3.05, 3.63) is 28.2 Å². The van der Waals surface area contributed by atoms with E-state index in [4.69, 9.17) is 0 Å². The average molecular weight is 270 g/mol. The second kappa shape index (κ2) is 4.54. The number of nitrogens with zero attached hydrogens (tertiary/aromatic N) is 1. The van der Waals surface area contributed by atoms with E-state index in [9.17, 15) is 5.11 Å². The molecule has 82 valence electrons. The summed E-state index contributed by atoms with van der Waals surface area (Å²) in [6.07, 6.45) is 1.85. The van der Waals surface area contributed by atoms with Gasteiger partial charge in [-0.1, -0.05) is 15.9 Å². The van der Waals surface area contributed by atoms with Gasteiger partial charge in [-0.15, -0.1) is 0 Å². The first-order chi connectivity index (χ1) is 7.16. The van der Waals surface area contributed by atoms with Gasteiger partial charge in [0.25, 0.3) is 0 Å². The fraction of sp³-hybridized carbons (Fsp3) is 0.500. The third-order valence-corrected chi connectivity index (χ3v) is 3.79. The second-order valence-electron chi connectivity index (χ2n) is 4.18. The monoisotopic (exact) mass is 269 g/mol. The minimum absolute atomic E-state index is 0.164. The van der Waals surface area contributed by atoms with Crippen LogP contribution in [0.5, 0.6) is 0 Å². The number of β-amino-alcohol motifs (C(OH)–C–C–N with tert-alkyl or cyclic N) is 1. The molecule has 2 nitrogen and oxygen atoms in total. The summed E-state index contributed by atoms with van der Waals surface area (Å²) < 4.78 is 1.14. The van der Waals surface area contributed by atoms with Crippen LogP contribution in [0, 0.1) is 6.92 Å². The van der Waals surface area contributed by atoms with Gasteiger partial charge in [0.1, 0.15) is 0 Å². The maximum absolute atomic E-state index is 9.61. The lowest BCUT2D eigenvalue weighted by Crippen LogP contribution is -2.38. The molecule has 1 aliphatic heterocycles. The number of hydrogen-bond donors (Lipinski definition) is 1. The van der Waals surface area contributed by atoms with Gasteiger partial charge in [-0.25, -0.2) is 0 Å². The lowest BCUT2D eigenvalue weighted by atomic mass is 10.1. The van der Waals surface area contributed by atoms with Gasteiger partial charge in [0.15, 0.2) is 0 Å². The number of benzene rings is 1. The predicted molar refractivity (Wildman–Crippen MR) is 66.3 cm³/mol. The fourth-order valence-electron chi connectivity index (χ4n) is 2.01. The largest absolute Gasteiger partial charge is 0.391 e. The van der Waals surface area contributed by atoms with Crippen LogP contribution in [0.4, 0.5) is 5.69 Å². The van der Waals surface area contributed by atoms with Crippen molar-refractivity contribution < 1.29 is 5.11 Å². The molecule has 1 aromatic rings. The molecule has 0 aromatic heterocycles. The maximum atomic E-state index is 9.61. The van der Waals surface area contributed by atoms with Crippen molar-refractivity contribution in [2.45, 2.75) is 25.9 Å². The summed E-state index contributed by atoms with van der Waals surface area (Å²) in [4.78, 5) is 2.26. The van der Waals surface area contributed by atoms with Crippen LogP contribution in [-0.4, -0.2) is 24.3 Å². The van der Waals surface area contributed by atoms with Crippen LogP contribution in [-0.2, 0) is 0 Å². The van der Waals surface area contributed by atoms with E-state index in [1.807, 2.05) is 0 Å². The Morgan fingerprint density at radius 2 is 2.27 bits per heavy atom. The number of halogens is 1. The van der Waals surface area contributed by atoms with E-state index >= 15 is 0 Å². The van der Waals surface area contributed by atoms with Crippen LogP contribution < -0.4 is 4.90 Å². The Morgan fingerprint density at radius 3 is 2.93 bits per heavy atom. The minimum atomic E-state index is -0.164. The molecule has 15 heavy (non-hydrogen) atoms. The molecule has 0 amide bonds. The van der Waals surface area contributed by atoms with Crippen LogP contribution >= 0.6 is 15.9 Å². The number of rotatable bonds is 1. The van der Waals surface area contributed by atoms with Gasteiger partial charge in [-0.05, 0) is 43.5 Å². The summed E-state index contributed by atoms with van der Waals surface area (Å²) in [5.74, 6) is 0. The molecule has 1 aliphatic rings. The smallest absolute Gasteiger partial charge is 0.0715 e. The van der Waals surface area contributed by atoms with E-state index in [2.05, 4.69) is 46.0 Å². The van der Waals surface area contributed by atoms with Crippen LogP contribution in [0.25, 0.3) is 0 Å². The molecule has 1 saturated heterocycles. The fourth-order valence-corrected chi connectivity index (χ4v) is 2.26. The third kappa shape index (κ3) is 2.52. The summed E-state index contributed by atoms with van der Waals surface area (Å²) >= 11 is 3.50. The lowest BCUT2D eigenvalue weighted by Gasteiger charge is -2.32. The lowest BCUT2D eigenvalue weighted by molar-refractivity contribution is 0.154. The summed E-state index contributed by atoms with van der Waals surface area (Å²) in [7, 11) is 0. The van der Waals surface area contributed by atoms with Crippen molar-refractivity contribution in [1.82, 2.24) is 0 Å². The molecule has 1 aromatic carbocycles. The Labute approximate surface area is 99.0 Å². The maximum Gasteiger partial charge on any atom is 0.0715 e. The van der Waals surface area contributed by atoms with E-state index < -0.39 is 0 Å². The first-order valence-corrected chi connectivity index (χ1v) is 6.15. The molecule has 1 heterocycles. The molecule has 0 saturated carbocycles. The first kappa shape index (κ1) is 11.0. The normalized spacial score (nSPS) is 21.8. The Hall–Kier alpha value is -0.540. The highest BCUT2D eigenvalue weighted by molar-refractivity contribution is 9.10. The van der Waals surface area contributed by atoms with Crippen molar-refractivity contribution in [2.24, 2.45) is 0 Å². The number of anilines is 1. The number of aryl methyl sites for hydroxylation is 1. The summed E-state index contributed by atoms with van der Waals surface area (Å²) in [5, 5.41) is 9.61. The second-order valence-corrected chi connectivity index (χ2v) is 5.03. The predicted octanol–water partition coefficient (Wildman–Crippen LogP) is 2.72. The van der Waals surface area contributed by atoms with Gasteiger partial charge in [0.05, 0.1) is 6.10 Å². The molecule has 1 fully saturated rings. The first-order valence-electron chi connectivity index (χ1n) is 5.36. The van der Waals surface area contributed by atoms with E-state index in [0.717, 1.165) is 30.4 Å². The Kier molecular flexibility index (Phi) is 3.32. The van der Waals surface area contributed by atoms with Crippen molar-refractivity contribution in [3.63, 3.8) is 0 Å². The zero-order valence-corrected chi connectivity index (χ0v) is 10.5. The van der Waals surface area contributed by atoms with Crippen molar-refractivity contribution >= 4 is 21.6 Å². The van der Waals surface area contributed by atoms with Gasteiger partial charge >= 0.3 is 0 Å². The zero-order chi connectivity index (χ0) is 10.8. The summed E-state index contributed by atoms with van der Waals surface area (Å²) in [5.41, 5.74) is 2.46. The topological polar surface area (TPSA) is 23.5 Å². The SMILES string of the molecule is Cc1cc(N2CCCC(O)C2)ccc1Br. The van der Waals surface area contributed by atoms with Crippen molar-refractivity contribution in [3.8, 4) is 0 Å². The standard InChI is InChI=1S/C12H16BrNO/c1-9-7-10(4-5-12(9)13)14-6-2-3-11(15)8-14/h4-5,7,11,15H,2-3,6,8H2,1H3.